The highest BCUT2D eigenvalue weighted by atomic mass is 16.4. The molecule has 6 heteroatoms. The van der Waals surface area contributed by atoms with Crippen molar-refractivity contribution in [2.75, 3.05) is 39.3 Å². The first kappa shape index (κ1) is 16.9. The molecule has 0 aliphatic carbocycles. The summed E-state index contributed by atoms with van der Waals surface area (Å²) in [6.07, 6.45) is 0.463. The molecule has 1 rings (SSSR count). The van der Waals surface area contributed by atoms with Gasteiger partial charge in [-0.25, -0.2) is 4.79 Å². The lowest BCUT2D eigenvalue weighted by Gasteiger charge is -2.33. The van der Waals surface area contributed by atoms with E-state index in [1.54, 1.807) is 0 Å². The SMILES string of the molecule is CCN1CCN(CC(=O)NC(CC(C)C)C(=O)O)CC1. The minimum atomic E-state index is -0.956. The molecule has 1 amide bonds. The van der Waals surface area contributed by atoms with E-state index >= 15 is 0 Å². The largest absolute Gasteiger partial charge is 0.480 e. The summed E-state index contributed by atoms with van der Waals surface area (Å²) in [7, 11) is 0. The van der Waals surface area contributed by atoms with Gasteiger partial charge in [-0.1, -0.05) is 20.8 Å². The second-order valence-electron chi connectivity index (χ2n) is 5.80. The number of carbonyl (C=O) groups is 2. The number of piperazine rings is 1. The molecule has 1 saturated heterocycles. The van der Waals surface area contributed by atoms with E-state index in [-0.39, 0.29) is 11.8 Å². The van der Waals surface area contributed by atoms with Gasteiger partial charge in [-0.15, -0.1) is 0 Å². The molecule has 1 heterocycles. The van der Waals surface area contributed by atoms with Gasteiger partial charge in [-0.2, -0.15) is 0 Å². The molecule has 0 aromatic rings. The standard InChI is InChI=1S/C14H27N3O3/c1-4-16-5-7-17(8-6-16)10-13(18)15-12(14(19)20)9-11(2)3/h11-12H,4-10H2,1-3H3,(H,15,18)(H,19,20). The van der Waals surface area contributed by atoms with Crippen molar-refractivity contribution in [3.63, 3.8) is 0 Å². The summed E-state index contributed by atoms with van der Waals surface area (Å²) in [6.45, 7) is 11.0. The van der Waals surface area contributed by atoms with Crippen molar-refractivity contribution in [3.8, 4) is 0 Å². The Hall–Kier alpha value is -1.14. The van der Waals surface area contributed by atoms with E-state index in [0.717, 1.165) is 32.7 Å². The predicted octanol–water partition coefficient (Wildman–Crippen LogP) is 0.239. The van der Waals surface area contributed by atoms with E-state index in [1.165, 1.54) is 0 Å². The number of carbonyl (C=O) groups excluding carboxylic acids is 1. The Morgan fingerprint density at radius 1 is 1.15 bits per heavy atom. The van der Waals surface area contributed by atoms with Crippen molar-refractivity contribution in [2.24, 2.45) is 5.92 Å². The molecule has 1 atom stereocenters. The Kier molecular flexibility index (Phi) is 6.95. The number of nitrogens with zero attached hydrogens (tertiary/aromatic N) is 2. The molecule has 1 aliphatic rings. The van der Waals surface area contributed by atoms with Crippen molar-refractivity contribution in [2.45, 2.75) is 33.2 Å². The number of rotatable bonds is 7. The summed E-state index contributed by atoms with van der Waals surface area (Å²) >= 11 is 0. The molecule has 0 aromatic heterocycles. The van der Waals surface area contributed by atoms with Crippen molar-refractivity contribution in [3.05, 3.63) is 0 Å². The van der Waals surface area contributed by atoms with Gasteiger partial charge < -0.3 is 15.3 Å². The molecule has 0 spiro atoms. The van der Waals surface area contributed by atoms with Gasteiger partial charge in [0.05, 0.1) is 6.54 Å². The summed E-state index contributed by atoms with van der Waals surface area (Å²) in [5, 5.41) is 11.7. The normalized spacial score (nSPS) is 19.0. The van der Waals surface area contributed by atoms with Crippen LogP contribution in [0.4, 0.5) is 0 Å². The van der Waals surface area contributed by atoms with Gasteiger partial charge in [-0.3, -0.25) is 9.69 Å². The average molecular weight is 285 g/mol. The molecule has 0 aromatic carbocycles. The highest BCUT2D eigenvalue weighted by Crippen LogP contribution is 2.05. The maximum absolute atomic E-state index is 11.9. The summed E-state index contributed by atoms with van der Waals surface area (Å²) in [5.41, 5.74) is 0. The molecule has 0 saturated carbocycles. The lowest BCUT2D eigenvalue weighted by Crippen LogP contribution is -2.51. The zero-order valence-electron chi connectivity index (χ0n) is 12.8. The number of carboxylic acids is 1. The number of hydrogen-bond donors (Lipinski definition) is 2. The van der Waals surface area contributed by atoms with Crippen molar-refractivity contribution < 1.29 is 14.7 Å². The van der Waals surface area contributed by atoms with E-state index in [1.807, 2.05) is 13.8 Å². The Morgan fingerprint density at radius 2 is 1.70 bits per heavy atom. The Labute approximate surface area is 121 Å². The lowest BCUT2D eigenvalue weighted by atomic mass is 10.0. The zero-order chi connectivity index (χ0) is 15.1. The average Bonchev–Trinajstić information content (AvgIpc) is 2.38. The van der Waals surface area contributed by atoms with Crippen molar-refractivity contribution >= 4 is 11.9 Å². The van der Waals surface area contributed by atoms with Gasteiger partial charge in [0.25, 0.3) is 0 Å². The lowest BCUT2D eigenvalue weighted by molar-refractivity contribution is -0.142. The van der Waals surface area contributed by atoms with Gasteiger partial charge >= 0.3 is 5.97 Å². The van der Waals surface area contributed by atoms with E-state index in [2.05, 4.69) is 22.0 Å². The number of nitrogens with one attached hydrogen (secondary N) is 1. The van der Waals surface area contributed by atoms with Crippen LogP contribution in [0.5, 0.6) is 0 Å². The predicted molar refractivity (Wildman–Crippen MR) is 77.6 cm³/mol. The summed E-state index contributed by atoms with van der Waals surface area (Å²) in [6, 6.07) is -0.778. The first-order valence-electron chi connectivity index (χ1n) is 7.39. The van der Waals surface area contributed by atoms with E-state index in [4.69, 9.17) is 5.11 Å². The Bertz CT molecular complexity index is 326. The zero-order valence-corrected chi connectivity index (χ0v) is 12.8. The summed E-state index contributed by atoms with van der Waals surface area (Å²) < 4.78 is 0. The van der Waals surface area contributed by atoms with Crippen LogP contribution in [0.1, 0.15) is 27.2 Å². The van der Waals surface area contributed by atoms with E-state index < -0.39 is 12.0 Å². The maximum Gasteiger partial charge on any atom is 0.326 e. The first-order valence-corrected chi connectivity index (χ1v) is 7.39. The van der Waals surface area contributed by atoms with Gasteiger partial charge in [0.15, 0.2) is 0 Å². The monoisotopic (exact) mass is 285 g/mol. The number of amides is 1. The molecule has 0 bridgehead atoms. The third-order valence-corrected chi connectivity index (χ3v) is 3.62. The Morgan fingerprint density at radius 3 is 2.15 bits per heavy atom. The van der Waals surface area contributed by atoms with Crippen molar-refractivity contribution in [1.82, 2.24) is 15.1 Å². The van der Waals surface area contributed by atoms with Crippen LogP contribution in [0.25, 0.3) is 0 Å². The molecule has 20 heavy (non-hydrogen) atoms. The molecule has 2 N–H and O–H groups in total. The number of likely N-dealkylation sites (N-methyl/N-ethyl adjacent to an activating group) is 1. The first-order chi connectivity index (χ1) is 9.42. The highest BCUT2D eigenvalue weighted by Gasteiger charge is 2.23. The van der Waals surface area contributed by atoms with Crippen LogP contribution in [-0.2, 0) is 9.59 Å². The highest BCUT2D eigenvalue weighted by molar-refractivity contribution is 5.84. The minimum absolute atomic E-state index is 0.192. The Balaban J connectivity index is 2.36. The molecule has 1 aliphatic heterocycles. The number of carboxylic acid groups (broad SMARTS) is 1. The third-order valence-electron chi connectivity index (χ3n) is 3.62. The number of aliphatic carboxylic acids is 1. The van der Waals surface area contributed by atoms with Crippen LogP contribution in [0.2, 0.25) is 0 Å². The minimum Gasteiger partial charge on any atom is -0.480 e. The fourth-order valence-corrected chi connectivity index (χ4v) is 2.40. The second kappa shape index (κ2) is 8.21. The fraction of sp³-hybridized carbons (Fsp3) is 0.857. The van der Waals surface area contributed by atoms with Gasteiger partial charge in [0, 0.05) is 26.2 Å². The second-order valence-corrected chi connectivity index (χ2v) is 5.80. The van der Waals surface area contributed by atoms with Crippen LogP contribution in [0, 0.1) is 5.92 Å². The van der Waals surface area contributed by atoms with Gasteiger partial charge in [0.1, 0.15) is 6.04 Å². The summed E-state index contributed by atoms with van der Waals surface area (Å²) in [5.74, 6) is -0.907. The van der Waals surface area contributed by atoms with Crippen LogP contribution < -0.4 is 5.32 Å². The molecule has 0 radical (unpaired) electrons. The quantitative estimate of drug-likeness (QED) is 0.701. The molecule has 1 fully saturated rings. The smallest absolute Gasteiger partial charge is 0.326 e. The van der Waals surface area contributed by atoms with Crippen LogP contribution >= 0.6 is 0 Å². The van der Waals surface area contributed by atoms with Gasteiger partial charge in [0.2, 0.25) is 5.91 Å². The molecule has 1 unspecified atom stereocenters. The molecule has 6 nitrogen and oxygen atoms in total. The van der Waals surface area contributed by atoms with E-state index in [0.29, 0.717) is 13.0 Å². The molecular formula is C14H27N3O3. The van der Waals surface area contributed by atoms with Crippen LogP contribution in [0.3, 0.4) is 0 Å². The molecular weight excluding hydrogens is 258 g/mol. The van der Waals surface area contributed by atoms with Gasteiger partial charge in [-0.05, 0) is 18.9 Å². The fourth-order valence-electron chi connectivity index (χ4n) is 2.40. The maximum atomic E-state index is 11.9. The topological polar surface area (TPSA) is 72.9 Å². The van der Waals surface area contributed by atoms with Crippen molar-refractivity contribution in [1.29, 1.82) is 0 Å². The van der Waals surface area contributed by atoms with E-state index in [9.17, 15) is 9.59 Å². The van der Waals surface area contributed by atoms with Crippen LogP contribution in [-0.4, -0.2) is 72.1 Å². The summed E-state index contributed by atoms with van der Waals surface area (Å²) in [4.78, 5) is 27.5. The van der Waals surface area contributed by atoms with Crippen LogP contribution in [0.15, 0.2) is 0 Å². The number of hydrogen-bond acceptors (Lipinski definition) is 4. The third kappa shape index (κ3) is 5.88. The molecule has 116 valence electrons.